The maximum absolute atomic E-state index is 12.7. The predicted molar refractivity (Wildman–Crippen MR) is 143 cm³/mol. The molecule has 3 rings (SSSR count). The normalized spacial score (nSPS) is 10.7. The molecule has 0 fully saturated rings. The Labute approximate surface area is 226 Å². The van der Waals surface area contributed by atoms with Crippen molar-refractivity contribution in [1.29, 1.82) is 5.26 Å². The number of hydrogen-bond acceptors (Lipinski definition) is 8. The number of nitriles is 1. The Balaban J connectivity index is 1.76. The molecule has 10 nitrogen and oxygen atoms in total. The predicted octanol–water partition coefficient (Wildman–Crippen LogP) is 5.67. The van der Waals surface area contributed by atoms with Gasteiger partial charge < -0.3 is 19.5 Å². The fourth-order valence-corrected chi connectivity index (χ4v) is 3.87. The molecular weight excluding hydrogens is 558 g/mol. The zero-order valence-corrected chi connectivity index (χ0v) is 22.0. The molecule has 0 aliphatic heterocycles. The molecule has 0 aliphatic rings. The Morgan fingerprint density at radius 3 is 2.53 bits per heavy atom. The zero-order chi connectivity index (χ0) is 27.7. The Morgan fingerprint density at radius 1 is 1.16 bits per heavy atom. The van der Waals surface area contributed by atoms with Gasteiger partial charge in [0.05, 0.1) is 28.7 Å². The number of nitro groups is 1. The van der Waals surface area contributed by atoms with E-state index in [2.05, 4.69) is 21.2 Å². The van der Waals surface area contributed by atoms with Gasteiger partial charge in [-0.3, -0.25) is 14.9 Å². The lowest BCUT2D eigenvalue weighted by atomic mass is 10.1. The number of methoxy groups -OCH3 is 1. The van der Waals surface area contributed by atoms with E-state index in [4.69, 9.17) is 14.2 Å². The molecule has 0 unspecified atom stereocenters. The third-order valence-corrected chi connectivity index (χ3v) is 5.68. The fraction of sp³-hybridized carbons (Fsp3) is 0.148. The second kappa shape index (κ2) is 13.0. The standard InChI is InChI=1S/C27H22BrN3O7/c1-3-37-27(33)19-7-9-21(10-8-19)30-26(32)20(15-29)11-18-13-23(28)25(24(14-18)36-2)38-16-17-5-4-6-22(12-17)31(34)35/h4-14H,3,16H2,1-2H3,(H,30,32)/b20-11+. The number of non-ortho nitro benzene ring substituents is 1. The number of carbonyl (C=O) groups is 2. The molecule has 0 spiro atoms. The molecule has 11 heteroatoms. The van der Waals surface area contributed by atoms with E-state index in [0.717, 1.165) is 0 Å². The van der Waals surface area contributed by atoms with E-state index in [0.29, 0.717) is 38.3 Å². The van der Waals surface area contributed by atoms with E-state index in [1.54, 1.807) is 31.2 Å². The van der Waals surface area contributed by atoms with Gasteiger partial charge in [-0.2, -0.15) is 5.26 Å². The van der Waals surface area contributed by atoms with E-state index in [1.165, 1.54) is 49.6 Å². The van der Waals surface area contributed by atoms with Crippen molar-refractivity contribution in [1.82, 2.24) is 0 Å². The van der Waals surface area contributed by atoms with Crippen LogP contribution in [0.5, 0.6) is 11.5 Å². The largest absolute Gasteiger partial charge is 0.493 e. The maximum atomic E-state index is 12.7. The minimum Gasteiger partial charge on any atom is -0.493 e. The van der Waals surface area contributed by atoms with Gasteiger partial charge in [0.15, 0.2) is 11.5 Å². The van der Waals surface area contributed by atoms with Crippen molar-refractivity contribution in [2.45, 2.75) is 13.5 Å². The van der Waals surface area contributed by atoms with Gasteiger partial charge in [-0.1, -0.05) is 12.1 Å². The Bertz CT molecular complexity index is 1430. The number of nitrogens with zero attached hydrogens (tertiary/aromatic N) is 2. The second-order valence-corrected chi connectivity index (χ2v) is 8.53. The van der Waals surface area contributed by atoms with Crippen LogP contribution in [0.3, 0.4) is 0 Å². The molecule has 0 saturated carbocycles. The van der Waals surface area contributed by atoms with Crippen molar-refractivity contribution in [3.8, 4) is 17.6 Å². The van der Waals surface area contributed by atoms with Crippen LogP contribution in [0.25, 0.3) is 6.08 Å². The van der Waals surface area contributed by atoms with Crippen LogP contribution in [0.15, 0.2) is 70.7 Å². The minimum absolute atomic E-state index is 0.0464. The first kappa shape index (κ1) is 27.9. The van der Waals surface area contributed by atoms with E-state index in [9.17, 15) is 25.0 Å². The first-order valence-corrected chi connectivity index (χ1v) is 12.0. The van der Waals surface area contributed by atoms with Crippen molar-refractivity contribution < 1.29 is 28.7 Å². The first-order valence-electron chi connectivity index (χ1n) is 11.2. The number of carbonyl (C=O) groups excluding carboxylic acids is 2. The van der Waals surface area contributed by atoms with E-state index in [-0.39, 0.29) is 24.5 Å². The van der Waals surface area contributed by atoms with Crippen molar-refractivity contribution >= 4 is 45.3 Å². The zero-order valence-electron chi connectivity index (χ0n) is 20.4. The van der Waals surface area contributed by atoms with Gasteiger partial charge in [-0.25, -0.2) is 4.79 Å². The van der Waals surface area contributed by atoms with Gasteiger partial charge >= 0.3 is 5.97 Å². The number of amides is 1. The minimum atomic E-state index is -0.641. The van der Waals surface area contributed by atoms with E-state index < -0.39 is 16.8 Å². The lowest BCUT2D eigenvalue weighted by Gasteiger charge is -2.14. The molecule has 0 bridgehead atoms. The third kappa shape index (κ3) is 7.18. The monoisotopic (exact) mass is 579 g/mol. The highest BCUT2D eigenvalue weighted by Gasteiger charge is 2.15. The SMILES string of the molecule is CCOC(=O)c1ccc(NC(=O)/C(C#N)=C/c2cc(Br)c(OCc3cccc([N+](=O)[O-])c3)c(OC)c2)cc1. The topological polar surface area (TPSA) is 141 Å². The highest BCUT2D eigenvalue weighted by atomic mass is 79.9. The summed E-state index contributed by atoms with van der Waals surface area (Å²) in [5.74, 6) is -0.443. The summed E-state index contributed by atoms with van der Waals surface area (Å²) in [4.78, 5) is 35.0. The molecule has 38 heavy (non-hydrogen) atoms. The smallest absolute Gasteiger partial charge is 0.338 e. The summed E-state index contributed by atoms with van der Waals surface area (Å²) in [6, 6.07) is 17.3. The number of nitrogens with one attached hydrogen (secondary N) is 1. The number of ether oxygens (including phenoxy) is 3. The highest BCUT2D eigenvalue weighted by molar-refractivity contribution is 9.10. The fourth-order valence-electron chi connectivity index (χ4n) is 3.30. The average Bonchev–Trinajstić information content (AvgIpc) is 2.91. The summed E-state index contributed by atoms with van der Waals surface area (Å²) in [6.45, 7) is 2.00. The summed E-state index contributed by atoms with van der Waals surface area (Å²) >= 11 is 3.42. The maximum Gasteiger partial charge on any atom is 0.338 e. The highest BCUT2D eigenvalue weighted by Crippen LogP contribution is 2.38. The van der Waals surface area contributed by atoms with Gasteiger partial charge in [0, 0.05) is 17.8 Å². The number of hydrogen-bond donors (Lipinski definition) is 1. The second-order valence-electron chi connectivity index (χ2n) is 7.67. The summed E-state index contributed by atoms with van der Waals surface area (Å²) in [5.41, 5.74) is 1.60. The van der Waals surface area contributed by atoms with Gasteiger partial charge in [0.1, 0.15) is 18.2 Å². The van der Waals surface area contributed by atoms with Crippen LogP contribution in [-0.4, -0.2) is 30.5 Å². The molecule has 0 aromatic heterocycles. The number of halogens is 1. The molecule has 0 aliphatic carbocycles. The Kier molecular flexibility index (Phi) is 9.56. The molecule has 0 saturated heterocycles. The Hall–Kier alpha value is -4.69. The molecule has 194 valence electrons. The summed E-state index contributed by atoms with van der Waals surface area (Å²) < 4.78 is 16.7. The van der Waals surface area contributed by atoms with Crippen LogP contribution in [0.2, 0.25) is 0 Å². The number of esters is 1. The summed E-state index contributed by atoms with van der Waals surface area (Å²) in [5, 5.41) is 23.2. The Morgan fingerprint density at radius 2 is 1.89 bits per heavy atom. The summed E-state index contributed by atoms with van der Waals surface area (Å²) in [7, 11) is 1.44. The molecule has 0 atom stereocenters. The van der Waals surface area contributed by atoms with Crippen LogP contribution in [-0.2, 0) is 16.1 Å². The molecule has 0 heterocycles. The number of benzene rings is 3. The third-order valence-electron chi connectivity index (χ3n) is 5.09. The summed E-state index contributed by atoms with van der Waals surface area (Å²) in [6.07, 6.45) is 1.39. The number of nitro benzene ring substituents is 1. The van der Waals surface area contributed by atoms with Crippen molar-refractivity contribution in [3.63, 3.8) is 0 Å². The first-order chi connectivity index (χ1) is 18.2. The average molecular weight is 580 g/mol. The molecule has 3 aromatic carbocycles. The molecule has 1 N–H and O–H groups in total. The van der Waals surface area contributed by atoms with Gasteiger partial charge in [0.2, 0.25) is 0 Å². The van der Waals surface area contributed by atoms with Crippen LogP contribution in [0, 0.1) is 21.4 Å². The lowest BCUT2D eigenvalue weighted by molar-refractivity contribution is -0.384. The molecule has 3 aromatic rings. The van der Waals surface area contributed by atoms with Gasteiger partial charge in [-0.05, 0) is 76.5 Å². The van der Waals surface area contributed by atoms with E-state index >= 15 is 0 Å². The van der Waals surface area contributed by atoms with Crippen molar-refractivity contribution in [2.75, 3.05) is 19.0 Å². The van der Waals surface area contributed by atoms with Gasteiger partial charge in [0.25, 0.3) is 11.6 Å². The van der Waals surface area contributed by atoms with Crippen molar-refractivity contribution in [2.24, 2.45) is 0 Å². The van der Waals surface area contributed by atoms with Gasteiger partial charge in [-0.15, -0.1) is 0 Å². The van der Waals surface area contributed by atoms with Crippen LogP contribution in [0.4, 0.5) is 11.4 Å². The molecule has 1 amide bonds. The van der Waals surface area contributed by atoms with E-state index in [1.807, 2.05) is 6.07 Å². The quantitative estimate of drug-likeness (QED) is 0.106. The van der Waals surface area contributed by atoms with Crippen LogP contribution in [0.1, 0.15) is 28.4 Å². The molecular formula is C27H22BrN3O7. The number of rotatable bonds is 10. The van der Waals surface area contributed by atoms with Crippen LogP contribution >= 0.6 is 15.9 Å². The molecule has 0 radical (unpaired) electrons. The number of anilines is 1. The lowest BCUT2D eigenvalue weighted by Crippen LogP contribution is -2.13. The van der Waals surface area contributed by atoms with Crippen LogP contribution < -0.4 is 14.8 Å². The van der Waals surface area contributed by atoms with Crippen molar-refractivity contribution in [3.05, 3.63) is 97.5 Å².